The molecule has 0 aromatic heterocycles. The van der Waals surface area contributed by atoms with Crippen molar-refractivity contribution in [2.45, 2.75) is 38.0 Å². The van der Waals surface area contributed by atoms with E-state index in [0.717, 1.165) is 12.1 Å². The number of fused-ring (bicyclic) bond motifs is 5. The van der Waals surface area contributed by atoms with Crippen molar-refractivity contribution < 1.29 is 9.59 Å². The Hall–Kier alpha value is -1.68. The monoisotopic (exact) mass is 325 g/mol. The molecule has 2 fully saturated rings. The molecule has 0 radical (unpaired) electrons. The second-order valence-corrected chi connectivity index (χ2v) is 13.7. The maximum Gasteiger partial charge on any atom is 0.241 e. The lowest BCUT2D eigenvalue weighted by molar-refractivity contribution is -0.126. The second-order valence-electron chi connectivity index (χ2n) is 8.38. The average molecular weight is 325 g/mol. The van der Waals surface area contributed by atoms with Gasteiger partial charge < -0.3 is 0 Å². The zero-order chi connectivity index (χ0) is 16.6. The Morgan fingerprint density at radius 3 is 2.17 bits per heavy atom. The van der Waals surface area contributed by atoms with E-state index in [2.05, 4.69) is 38.7 Å². The summed E-state index contributed by atoms with van der Waals surface area (Å²) in [6.45, 7) is 8.81. The maximum atomic E-state index is 13.7. The Morgan fingerprint density at radius 2 is 1.61 bits per heavy atom. The van der Waals surface area contributed by atoms with Crippen LogP contribution in [0.25, 0.3) is 0 Å². The summed E-state index contributed by atoms with van der Waals surface area (Å²) >= 11 is 0. The van der Waals surface area contributed by atoms with Crippen LogP contribution in [0, 0.1) is 17.3 Å². The first-order valence-corrected chi connectivity index (χ1v) is 11.9. The molecular formula is C19H23NO2Si. The highest BCUT2D eigenvalue weighted by atomic mass is 28.3. The Balaban J connectivity index is 1.97. The third-order valence-corrected chi connectivity index (χ3v) is 10.1. The molecule has 1 saturated heterocycles. The highest BCUT2D eigenvalue weighted by Gasteiger charge is 2.80. The Morgan fingerprint density at radius 1 is 1.00 bits per heavy atom. The van der Waals surface area contributed by atoms with Gasteiger partial charge in [0.25, 0.3) is 0 Å². The predicted octanol–water partition coefficient (Wildman–Crippen LogP) is 3.85. The average Bonchev–Trinajstić information content (AvgIpc) is 3.10. The number of carbonyl (C=O) groups excluding carboxylic acids is 2. The molecule has 3 aliphatic rings. The van der Waals surface area contributed by atoms with Crippen LogP contribution < -0.4 is 4.90 Å². The largest absolute Gasteiger partial charge is 0.274 e. The number of hydrogen-bond acceptors (Lipinski definition) is 2. The zero-order valence-corrected chi connectivity index (χ0v) is 15.2. The van der Waals surface area contributed by atoms with Gasteiger partial charge in [-0.05, 0) is 37.3 Å². The summed E-state index contributed by atoms with van der Waals surface area (Å²) in [5.41, 5.74) is 0.138. The number of rotatable bonds is 2. The van der Waals surface area contributed by atoms with E-state index in [-0.39, 0.29) is 23.7 Å². The maximum absolute atomic E-state index is 13.7. The number of imide groups is 1. The Bertz CT molecular complexity index is 735. The molecule has 2 aliphatic carbocycles. The predicted molar refractivity (Wildman–Crippen MR) is 93.8 cm³/mol. The quantitative estimate of drug-likeness (QED) is 0.470. The molecule has 4 atom stereocenters. The first-order chi connectivity index (χ1) is 10.8. The Labute approximate surface area is 138 Å². The summed E-state index contributed by atoms with van der Waals surface area (Å²) in [4.78, 5) is 28.6. The smallest absolute Gasteiger partial charge is 0.241 e. The van der Waals surface area contributed by atoms with E-state index in [4.69, 9.17) is 0 Å². The molecule has 2 amide bonds. The Kier molecular flexibility index (Phi) is 2.74. The molecule has 0 N–H and O–H groups in total. The van der Waals surface area contributed by atoms with Gasteiger partial charge in [-0.15, -0.1) is 0 Å². The van der Waals surface area contributed by atoms with E-state index in [0.29, 0.717) is 0 Å². The highest BCUT2D eigenvalue weighted by Crippen LogP contribution is 2.75. The van der Waals surface area contributed by atoms with E-state index >= 15 is 0 Å². The molecule has 0 unspecified atom stereocenters. The van der Waals surface area contributed by atoms with Crippen LogP contribution in [0.2, 0.25) is 24.7 Å². The van der Waals surface area contributed by atoms with Crippen LogP contribution in [0.3, 0.4) is 0 Å². The summed E-state index contributed by atoms with van der Waals surface area (Å²) in [6, 6.07) is 9.43. The normalized spacial score (nSPS) is 38.5. The number of para-hydroxylation sites is 1. The molecule has 1 aromatic rings. The molecule has 120 valence electrons. The van der Waals surface area contributed by atoms with Gasteiger partial charge in [-0.25, -0.2) is 4.90 Å². The minimum absolute atomic E-state index is 0.00738. The van der Waals surface area contributed by atoms with Crippen LogP contribution in [0.15, 0.2) is 42.5 Å². The van der Waals surface area contributed by atoms with Gasteiger partial charge in [0, 0.05) is 0 Å². The first kappa shape index (κ1) is 14.9. The minimum Gasteiger partial charge on any atom is -0.274 e. The molecule has 1 aliphatic heterocycles. The van der Waals surface area contributed by atoms with Crippen LogP contribution >= 0.6 is 0 Å². The van der Waals surface area contributed by atoms with Crippen LogP contribution in [-0.2, 0) is 9.59 Å². The first-order valence-electron chi connectivity index (χ1n) is 8.38. The standard InChI is InChI=1S/C19H23NO2Si/c1-18-13-10-11-14(12-13)19(18,23(2,3)4)17(22)20(16(18)21)15-8-6-5-7-9-15/h5-11,13-14H,12H2,1-4H3/t13-,14+,18+,19+/m1/s1. The van der Waals surface area contributed by atoms with Crippen molar-refractivity contribution in [3.63, 3.8) is 0 Å². The van der Waals surface area contributed by atoms with Gasteiger partial charge in [-0.1, -0.05) is 50.0 Å². The lowest BCUT2D eigenvalue weighted by Crippen LogP contribution is -2.54. The van der Waals surface area contributed by atoms with Crippen molar-refractivity contribution in [3.8, 4) is 0 Å². The van der Waals surface area contributed by atoms with E-state index < -0.39 is 18.5 Å². The molecule has 2 bridgehead atoms. The molecule has 23 heavy (non-hydrogen) atoms. The van der Waals surface area contributed by atoms with E-state index in [1.54, 1.807) is 0 Å². The van der Waals surface area contributed by atoms with Gasteiger partial charge in [-0.3, -0.25) is 9.59 Å². The van der Waals surface area contributed by atoms with Crippen molar-refractivity contribution in [1.82, 2.24) is 0 Å². The number of carbonyl (C=O) groups is 2. The number of nitrogens with zero attached hydrogens (tertiary/aromatic N) is 1. The minimum atomic E-state index is -1.94. The van der Waals surface area contributed by atoms with Crippen molar-refractivity contribution in [1.29, 1.82) is 0 Å². The lowest BCUT2D eigenvalue weighted by Gasteiger charge is -2.48. The number of amides is 2. The molecular weight excluding hydrogens is 302 g/mol. The summed E-state index contributed by atoms with van der Waals surface area (Å²) in [7, 11) is -1.94. The molecule has 3 nitrogen and oxygen atoms in total. The van der Waals surface area contributed by atoms with Crippen LogP contribution in [0.1, 0.15) is 13.3 Å². The second kappa shape index (κ2) is 4.23. The highest BCUT2D eigenvalue weighted by molar-refractivity contribution is 6.84. The SMILES string of the molecule is C[C@]12C(=O)N(c3ccccc3)C(=O)[C@@]1([Si](C)(C)C)[C@H]1C=C[C@@H]2C1. The van der Waals surface area contributed by atoms with Gasteiger partial charge in [0.1, 0.15) is 0 Å². The van der Waals surface area contributed by atoms with Crippen molar-refractivity contribution in [2.24, 2.45) is 17.3 Å². The van der Waals surface area contributed by atoms with E-state index in [9.17, 15) is 9.59 Å². The van der Waals surface area contributed by atoms with Crippen molar-refractivity contribution >= 4 is 25.6 Å². The van der Waals surface area contributed by atoms with Crippen molar-refractivity contribution in [3.05, 3.63) is 42.5 Å². The van der Waals surface area contributed by atoms with Gasteiger partial charge in [0.15, 0.2) is 0 Å². The fourth-order valence-electron chi connectivity index (χ4n) is 5.80. The molecule has 1 heterocycles. The summed E-state index contributed by atoms with van der Waals surface area (Å²) in [6.07, 6.45) is 5.36. The lowest BCUT2D eigenvalue weighted by atomic mass is 9.70. The summed E-state index contributed by atoms with van der Waals surface area (Å²) in [5, 5.41) is -0.508. The molecule has 1 aromatic carbocycles. The molecule has 4 rings (SSSR count). The summed E-state index contributed by atoms with van der Waals surface area (Å²) in [5.74, 6) is 0.471. The fourth-order valence-corrected chi connectivity index (χ4v) is 9.73. The summed E-state index contributed by atoms with van der Waals surface area (Å²) < 4.78 is 0. The molecule has 1 saturated carbocycles. The molecule has 4 heteroatoms. The molecule has 0 spiro atoms. The number of allylic oxidation sites excluding steroid dienone is 2. The van der Waals surface area contributed by atoms with Gasteiger partial charge in [0.05, 0.1) is 24.2 Å². The van der Waals surface area contributed by atoms with Crippen LogP contribution in [-0.4, -0.2) is 19.9 Å². The third kappa shape index (κ3) is 1.42. The van der Waals surface area contributed by atoms with Crippen LogP contribution in [0.5, 0.6) is 0 Å². The third-order valence-electron chi connectivity index (χ3n) is 6.59. The van der Waals surface area contributed by atoms with E-state index in [1.807, 2.05) is 30.3 Å². The number of benzene rings is 1. The van der Waals surface area contributed by atoms with Gasteiger partial charge in [-0.2, -0.15) is 0 Å². The van der Waals surface area contributed by atoms with E-state index in [1.165, 1.54) is 4.90 Å². The van der Waals surface area contributed by atoms with Crippen LogP contribution in [0.4, 0.5) is 5.69 Å². The fraction of sp³-hybridized carbons (Fsp3) is 0.474. The zero-order valence-electron chi connectivity index (χ0n) is 14.2. The topological polar surface area (TPSA) is 37.4 Å². The van der Waals surface area contributed by atoms with Crippen molar-refractivity contribution in [2.75, 3.05) is 4.90 Å². The van der Waals surface area contributed by atoms with Gasteiger partial charge in [0.2, 0.25) is 11.8 Å². The van der Waals surface area contributed by atoms with Gasteiger partial charge >= 0.3 is 0 Å². The number of hydrogen-bond donors (Lipinski definition) is 0. The number of anilines is 1.